The van der Waals surface area contributed by atoms with Gasteiger partial charge in [0.05, 0.1) is 26.5 Å². The molecule has 13 heteroatoms. The highest BCUT2D eigenvalue weighted by Gasteiger charge is 2.63. The highest BCUT2D eigenvalue weighted by Crippen LogP contribution is 2.47. The summed E-state index contributed by atoms with van der Waals surface area (Å²) in [4.78, 5) is 29.5. The van der Waals surface area contributed by atoms with Crippen molar-refractivity contribution in [3.8, 4) is 5.75 Å². The van der Waals surface area contributed by atoms with Crippen LogP contribution in [0.3, 0.4) is 0 Å². The SMILES string of the molecule is COC(=O)c1cc(NC(=O)[C@@H]2C[C@](OC)(C(F)(F)F)CN2c2ccc(F)c(F)c2OC)ccn1. The maximum Gasteiger partial charge on any atom is 0.419 e. The third-order valence-corrected chi connectivity index (χ3v) is 5.50. The fourth-order valence-corrected chi connectivity index (χ4v) is 3.72. The van der Waals surface area contributed by atoms with E-state index in [-0.39, 0.29) is 17.1 Å². The number of carbonyl (C=O) groups excluding carboxylic acids is 2. The number of nitrogens with zero attached hydrogens (tertiary/aromatic N) is 2. The largest absolute Gasteiger partial charge is 0.491 e. The summed E-state index contributed by atoms with van der Waals surface area (Å²) in [5, 5.41) is 2.42. The van der Waals surface area contributed by atoms with Gasteiger partial charge in [-0.25, -0.2) is 14.2 Å². The molecule has 34 heavy (non-hydrogen) atoms. The number of carbonyl (C=O) groups is 2. The molecule has 1 aliphatic rings. The molecule has 2 aromatic rings. The van der Waals surface area contributed by atoms with Crippen molar-refractivity contribution in [1.29, 1.82) is 0 Å². The average molecular weight is 489 g/mol. The van der Waals surface area contributed by atoms with Crippen LogP contribution in [-0.2, 0) is 14.3 Å². The fourth-order valence-electron chi connectivity index (χ4n) is 3.72. The van der Waals surface area contributed by atoms with Crippen LogP contribution in [-0.4, -0.2) is 62.6 Å². The Morgan fingerprint density at radius 2 is 1.88 bits per heavy atom. The number of hydrogen-bond acceptors (Lipinski definition) is 7. The van der Waals surface area contributed by atoms with Gasteiger partial charge < -0.3 is 24.4 Å². The number of pyridine rings is 1. The summed E-state index contributed by atoms with van der Waals surface area (Å²) in [7, 11) is 2.99. The molecule has 184 valence electrons. The summed E-state index contributed by atoms with van der Waals surface area (Å²) >= 11 is 0. The van der Waals surface area contributed by atoms with Crippen LogP contribution in [0.25, 0.3) is 0 Å². The molecule has 1 fully saturated rings. The Balaban J connectivity index is 2.03. The van der Waals surface area contributed by atoms with Gasteiger partial charge in [0.2, 0.25) is 11.7 Å². The Morgan fingerprint density at radius 3 is 2.47 bits per heavy atom. The highest BCUT2D eigenvalue weighted by atomic mass is 19.4. The highest BCUT2D eigenvalue weighted by molar-refractivity contribution is 5.99. The van der Waals surface area contributed by atoms with Crippen molar-refractivity contribution in [3.63, 3.8) is 0 Å². The molecule has 0 spiro atoms. The second-order valence-corrected chi connectivity index (χ2v) is 7.37. The number of aromatic nitrogens is 1. The van der Waals surface area contributed by atoms with Crippen LogP contribution in [0, 0.1) is 11.6 Å². The lowest BCUT2D eigenvalue weighted by Crippen LogP contribution is -2.49. The standard InChI is InChI=1S/C21H20F5N3O5/c1-32-17-14(5-4-12(22)16(17)23)29-10-20(34-3,21(24,25)26)9-15(29)18(30)28-11-6-7-27-13(8-11)19(31)33-2/h4-8,15H,9-10H2,1-3H3,(H,27,28,30)/t15-,20+/m0/s1. The molecule has 1 aromatic carbocycles. The lowest BCUT2D eigenvalue weighted by Gasteiger charge is -2.31. The van der Waals surface area contributed by atoms with Crippen LogP contribution in [0.4, 0.5) is 33.3 Å². The second kappa shape index (κ2) is 9.41. The predicted octanol–water partition coefficient (Wildman–Crippen LogP) is 3.32. The van der Waals surface area contributed by atoms with E-state index in [4.69, 9.17) is 9.47 Å². The number of nitrogens with one attached hydrogen (secondary N) is 1. The van der Waals surface area contributed by atoms with Crippen LogP contribution >= 0.6 is 0 Å². The van der Waals surface area contributed by atoms with E-state index >= 15 is 0 Å². The van der Waals surface area contributed by atoms with E-state index < -0.39 is 60.0 Å². The molecule has 0 bridgehead atoms. The van der Waals surface area contributed by atoms with E-state index in [9.17, 15) is 31.5 Å². The molecule has 0 saturated carbocycles. The first kappa shape index (κ1) is 25.1. The predicted molar refractivity (Wildman–Crippen MR) is 109 cm³/mol. The minimum Gasteiger partial charge on any atom is -0.491 e. The summed E-state index contributed by atoms with van der Waals surface area (Å²) < 4.78 is 84.2. The number of halogens is 5. The molecule has 1 aliphatic heterocycles. The monoisotopic (exact) mass is 489 g/mol. The number of ether oxygens (including phenoxy) is 3. The molecule has 1 N–H and O–H groups in total. The van der Waals surface area contributed by atoms with Gasteiger partial charge in [0, 0.05) is 25.4 Å². The molecule has 0 aliphatic carbocycles. The Morgan fingerprint density at radius 1 is 1.18 bits per heavy atom. The van der Waals surface area contributed by atoms with E-state index in [2.05, 4.69) is 15.0 Å². The zero-order chi connectivity index (χ0) is 25.3. The molecular weight excluding hydrogens is 469 g/mol. The number of hydrogen-bond donors (Lipinski definition) is 1. The number of benzene rings is 1. The molecule has 0 unspecified atom stereocenters. The van der Waals surface area contributed by atoms with E-state index in [1.165, 1.54) is 18.3 Å². The van der Waals surface area contributed by atoms with Crippen LogP contribution in [0.5, 0.6) is 5.75 Å². The molecule has 3 rings (SSSR count). The lowest BCUT2D eigenvalue weighted by atomic mass is 9.99. The summed E-state index contributed by atoms with van der Waals surface area (Å²) in [5.74, 6) is -5.07. The average Bonchev–Trinajstić information content (AvgIpc) is 3.22. The number of rotatable bonds is 6. The summed E-state index contributed by atoms with van der Waals surface area (Å²) in [5.41, 5.74) is -3.14. The number of methoxy groups -OCH3 is 3. The van der Waals surface area contributed by atoms with Crippen LogP contribution in [0.1, 0.15) is 16.9 Å². The fraction of sp³-hybridized carbons (Fsp3) is 0.381. The minimum atomic E-state index is -4.89. The van der Waals surface area contributed by atoms with Gasteiger partial charge in [-0.1, -0.05) is 0 Å². The Labute approximate surface area is 190 Å². The number of anilines is 2. The van der Waals surface area contributed by atoms with Gasteiger partial charge in [-0.3, -0.25) is 4.79 Å². The van der Waals surface area contributed by atoms with Gasteiger partial charge in [-0.2, -0.15) is 17.6 Å². The summed E-state index contributed by atoms with van der Waals surface area (Å²) in [6.07, 6.45) is -4.55. The molecule has 2 atom stereocenters. The molecule has 8 nitrogen and oxygen atoms in total. The zero-order valence-corrected chi connectivity index (χ0v) is 18.2. The molecule has 0 radical (unpaired) electrons. The van der Waals surface area contributed by atoms with Gasteiger partial charge in [0.25, 0.3) is 0 Å². The van der Waals surface area contributed by atoms with Gasteiger partial charge in [0.15, 0.2) is 17.2 Å². The number of esters is 1. The van der Waals surface area contributed by atoms with Crippen LogP contribution in [0.2, 0.25) is 0 Å². The minimum absolute atomic E-state index is 0.0551. The van der Waals surface area contributed by atoms with E-state index in [1.807, 2.05) is 0 Å². The normalized spacial score (nSPS) is 20.2. The Hall–Kier alpha value is -3.48. The molecular formula is C21H20F5N3O5. The smallest absolute Gasteiger partial charge is 0.419 e. The van der Waals surface area contributed by atoms with Crippen molar-refractivity contribution in [1.82, 2.24) is 4.98 Å². The van der Waals surface area contributed by atoms with Crippen molar-refractivity contribution in [3.05, 3.63) is 47.8 Å². The van der Waals surface area contributed by atoms with E-state index in [1.54, 1.807) is 0 Å². The summed E-state index contributed by atoms with van der Waals surface area (Å²) in [6, 6.07) is 2.69. The third-order valence-electron chi connectivity index (χ3n) is 5.50. The quantitative estimate of drug-likeness (QED) is 0.492. The topological polar surface area (TPSA) is 90.0 Å². The van der Waals surface area contributed by atoms with Crippen molar-refractivity contribution in [2.45, 2.75) is 24.2 Å². The van der Waals surface area contributed by atoms with Crippen LogP contribution in [0.15, 0.2) is 30.5 Å². The van der Waals surface area contributed by atoms with Gasteiger partial charge in [-0.15, -0.1) is 0 Å². The molecule has 1 saturated heterocycles. The first-order valence-corrected chi connectivity index (χ1v) is 9.73. The Bertz CT molecular complexity index is 1100. The maximum absolute atomic E-state index is 14.3. The van der Waals surface area contributed by atoms with E-state index in [0.29, 0.717) is 6.07 Å². The third kappa shape index (κ3) is 4.47. The zero-order valence-electron chi connectivity index (χ0n) is 18.2. The van der Waals surface area contributed by atoms with Crippen molar-refractivity contribution in [2.75, 3.05) is 38.1 Å². The first-order valence-electron chi connectivity index (χ1n) is 9.73. The molecule has 1 amide bonds. The van der Waals surface area contributed by atoms with Crippen molar-refractivity contribution in [2.24, 2.45) is 0 Å². The first-order chi connectivity index (χ1) is 16.0. The second-order valence-electron chi connectivity index (χ2n) is 7.37. The van der Waals surface area contributed by atoms with Gasteiger partial charge in [0.1, 0.15) is 11.7 Å². The summed E-state index contributed by atoms with van der Waals surface area (Å²) in [6.45, 7) is -0.893. The lowest BCUT2D eigenvalue weighted by molar-refractivity contribution is -0.261. The molecule has 2 heterocycles. The van der Waals surface area contributed by atoms with Crippen molar-refractivity contribution < 1.29 is 45.8 Å². The van der Waals surface area contributed by atoms with Crippen molar-refractivity contribution >= 4 is 23.3 Å². The number of amides is 1. The van der Waals surface area contributed by atoms with Gasteiger partial charge >= 0.3 is 12.1 Å². The maximum atomic E-state index is 14.3. The van der Waals surface area contributed by atoms with E-state index in [0.717, 1.165) is 32.3 Å². The number of alkyl halides is 3. The van der Waals surface area contributed by atoms with Gasteiger partial charge in [-0.05, 0) is 24.3 Å². The molecule has 1 aromatic heterocycles. The Kier molecular flexibility index (Phi) is 6.96. The van der Waals surface area contributed by atoms with Crippen LogP contribution < -0.4 is 15.0 Å².